The summed E-state index contributed by atoms with van der Waals surface area (Å²) in [6.07, 6.45) is 5.38. The molecule has 0 amide bonds. The van der Waals surface area contributed by atoms with E-state index in [1.807, 2.05) is 12.1 Å². The maximum absolute atomic E-state index is 12.2. The van der Waals surface area contributed by atoms with Crippen LogP contribution in [0.2, 0.25) is 5.15 Å². The molecule has 1 saturated carbocycles. The first kappa shape index (κ1) is 17.0. The number of halogens is 1. The number of carbonyl (C=O) groups is 1. The Morgan fingerprint density at radius 2 is 2.18 bits per heavy atom. The topological polar surface area (TPSA) is 39.2 Å². The number of aryl methyl sites for hydroxylation is 1. The Morgan fingerprint density at radius 1 is 1.45 bits per heavy atom. The zero-order valence-electron chi connectivity index (χ0n) is 13.7. The molecule has 2 atom stereocenters. The lowest BCUT2D eigenvalue weighted by molar-refractivity contribution is -0.146. The van der Waals surface area contributed by atoms with Crippen molar-refractivity contribution >= 4 is 17.6 Å². The highest BCUT2D eigenvalue weighted by Gasteiger charge is 2.61. The van der Waals surface area contributed by atoms with Crippen LogP contribution in [0.4, 0.5) is 0 Å². The van der Waals surface area contributed by atoms with Crippen LogP contribution in [0.3, 0.4) is 0 Å². The van der Waals surface area contributed by atoms with Gasteiger partial charge in [-0.2, -0.15) is 0 Å². The second kappa shape index (κ2) is 6.82. The molecule has 1 aliphatic rings. The minimum Gasteiger partial charge on any atom is -0.465 e. The van der Waals surface area contributed by atoms with Crippen molar-refractivity contribution in [2.24, 2.45) is 17.3 Å². The number of esters is 1. The van der Waals surface area contributed by atoms with E-state index in [2.05, 4.69) is 38.8 Å². The predicted molar refractivity (Wildman–Crippen MR) is 88.7 cm³/mol. The molecule has 0 spiro atoms. The summed E-state index contributed by atoms with van der Waals surface area (Å²) < 4.78 is 5.44. The Morgan fingerprint density at radius 3 is 2.82 bits per heavy atom. The monoisotopic (exact) mass is 321 g/mol. The molecule has 1 aliphatic carbocycles. The van der Waals surface area contributed by atoms with Gasteiger partial charge in [0.25, 0.3) is 0 Å². The summed E-state index contributed by atoms with van der Waals surface area (Å²) in [7, 11) is 0. The molecule has 1 heterocycles. The molecule has 0 aliphatic heterocycles. The molecule has 2 unspecified atom stereocenters. The molecule has 1 aromatic heterocycles. The molecule has 0 aromatic carbocycles. The van der Waals surface area contributed by atoms with E-state index in [1.165, 1.54) is 5.57 Å². The standard InChI is InChI=1S/C18H24ClNO2/c1-12(2)11-14-15(18(14,3)4)17(21)22-10-6-8-13-7-5-9-20-16(13)19/h5,7,9,11,14-15H,6,8,10H2,1-4H3. The van der Waals surface area contributed by atoms with E-state index in [-0.39, 0.29) is 17.3 Å². The van der Waals surface area contributed by atoms with Crippen molar-refractivity contribution < 1.29 is 9.53 Å². The van der Waals surface area contributed by atoms with Crippen LogP contribution in [0.1, 0.15) is 39.7 Å². The maximum Gasteiger partial charge on any atom is 0.310 e. The summed E-state index contributed by atoms with van der Waals surface area (Å²) in [5.74, 6) is 0.215. The fraction of sp³-hybridized carbons (Fsp3) is 0.556. The molecule has 1 aromatic rings. The Labute approximate surface area is 137 Å². The van der Waals surface area contributed by atoms with Crippen molar-refractivity contribution in [3.8, 4) is 0 Å². The van der Waals surface area contributed by atoms with Crippen LogP contribution in [0.5, 0.6) is 0 Å². The minimum absolute atomic E-state index is 0.00983. The third-order valence-electron chi connectivity index (χ3n) is 4.35. The van der Waals surface area contributed by atoms with Gasteiger partial charge in [-0.3, -0.25) is 4.79 Å². The van der Waals surface area contributed by atoms with Gasteiger partial charge in [-0.05, 0) is 49.7 Å². The number of nitrogens with zero attached hydrogens (tertiary/aromatic N) is 1. The number of allylic oxidation sites excluding steroid dienone is 2. The Hall–Kier alpha value is -1.35. The number of carbonyl (C=O) groups excluding carboxylic acids is 1. The van der Waals surface area contributed by atoms with Crippen molar-refractivity contribution in [1.82, 2.24) is 4.98 Å². The van der Waals surface area contributed by atoms with E-state index in [1.54, 1.807) is 6.20 Å². The smallest absolute Gasteiger partial charge is 0.310 e. The van der Waals surface area contributed by atoms with Gasteiger partial charge >= 0.3 is 5.97 Å². The van der Waals surface area contributed by atoms with Crippen LogP contribution < -0.4 is 0 Å². The summed E-state index contributed by atoms with van der Waals surface area (Å²) >= 11 is 6.01. The van der Waals surface area contributed by atoms with Gasteiger partial charge in [-0.15, -0.1) is 0 Å². The molecule has 0 saturated heterocycles. The van der Waals surface area contributed by atoms with Crippen LogP contribution >= 0.6 is 11.6 Å². The van der Waals surface area contributed by atoms with Crippen LogP contribution in [0.15, 0.2) is 30.0 Å². The Kier molecular flexibility index (Phi) is 5.28. The highest BCUT2D eigenvalue weighted by atomic mass is 35.5. The normalized spacial score (nSPS) is 22.0. The molecular formula is C18H24ClNO2. The fourth-order valence-electron chi connectivity index (χ4n) is 2.93. The van der Waals surface area contributed by atoms with Gasteiger partial charge in [0.2, 0.25) is 0 Å². The van der Waals surface area contributed by atoms with Gasteiger partial charge < -0.3 is 4.74 Å². The SMILES string of the molecule is CC(C)=CC1C(C(=O)OCCCc2cccnc2Cl)C1(C)C. The van der Waals surface area contributed by atoms with Gasteiger partial charge in [-0.25, -0.2) is 4.98 Å². The predicted octanol–water partition coefficient (Wildman–Crippen LogP) is 4.45. The molecule has 22 heavy (non-hydrogen) atoms. The van der Waals surface area contributed by atoms with Crippen molar-refractivity contribution in [2.45, 2.75) is 40.5 Å². The lowest BCUT2D eigenvalue weighted by Crippen LogP contribution is -2.12. The molecular weight excluding hydrogens is 298 g/mol. The number of ether oxygens (including phenoxy) is 1. The average molecular weight is 322 g/mol. The lowest BCUT2D eigenvalue weighted by Gasteiger charge is -2.06. The van der Waals surface area contributed by atoms with Crippen LogP contribution in [-0.4, -0.2) is 17.6 Å². The second-order valence-electron chi connectivity index (χ2n) is 6.79. The van der Waals surface area contributed by atoms with Gasteiger partial charge in [0.05, 0.1) is 12.5 Å². The van der Waals surface area contributed by atoms with E-state index in [0.29, 0.717) is 17.7 Å². The Bertz CT molecular complexity index is 576. The highest BCUT2D eigenvalue weighted by molar-refractivity contribution is 6.30. The van der Waals surface area contributed by atoms with Crippen molar-refractivity contribution in [1.29, 1.82) is 0 Å². The second-order valence-corrected chi connectivity index (χ2v) is 7.15. The minimum atomic E-state index is -0.0789. The first-order valence-electron chi connectivity index (χ1n) is 7.75. The average Bonchev–Trinajstić information content (AvgIpc) is 2.96. The summed E-state index contributed by atoms with van der Waals surface area (Å²) in [5, 5.41) is 0.528. The zero-order chi connectivity index (χ0) is 16.3. The van der Waals surface area contributed by atoms with Crippen LogP contribution in [-0.2, 0) is 16.0 Å². The van der Waals surface area contributed by atoms with E-state index in [9.17, 15) is 4.79 Å². The van der Waals surface area contributed by atoms with Crippen molar-refractivity contribution in [3.05, 3.63) is 40.7 Å². The zero-order valence-corrected chi connectivity index (χ0v) is 14.5. The molecule has 1 fully saturated rings. The first-order chi connectivity index (χ1) is 10.3. The maximum atomic E-state index is 12.2. The Balaban J connectivity index is 1.77. The largest absolute Gasteiger partial charge is 0.465 e. The van der Waals surface area contributed by atoms with E-state index in [4.69, 9.17) is 16.3 Å². The number of rotatable bonds is 6. The first-order valence-corrected chi connectivity index (χ1v) is 8.13. The third-order valence-corrected chi connectivity index (χ3v) is 4.69. The highest BCUT2D eigenvalue weighted by Crippen LogP contribution is 2.59. The van der Waals surface area contributed by atoms with E-state index in [0.717, 1.165) is 18.4 Å². The van der Waals surface area contributed by atoms with Gasteiger partial charge in [0.15, 0.2) is 0 Å². The number of hydrogen-bond donors (Lipinski definition) is 0. The summed E-state index contributed by atoms with van der Waals surface area (Å²) in [5.41, 5.74) is 2.26. The number of hydrogen-bond acceptors (Lipinski definition) is 3. The van der Waals surface area contributed by atoms with Gasteiger partial charge in [-0.1, -0.05) is 43.2 Å². The molecule has 2 rings (SSSR count). The molecule has 3 nitrogen and oxygen atoms in total. The van der Waals surface area contributed by atoms with Crippen LogP contribution in [0, 0.1) is 17.3 Å². The quantitative estimate of drug-likeness (QED) is 0.336. The number of aromatic nitrogens is 1. The molecule has 0 N–H and O–H groups in total. The summed E-state index contributed by atoms with van der Waals surface area (Å²) in [4.78, 5) is 16.2. The molecule has 120 valence electrons. The van der Waals surface area contributed by atoms with Gasteiger partial charge in [0, 0.05) is 6.20 Å². The number of pyridine rings is 1. The van der Waals surface area contributed by atoms with E-state index < -0.39 is 0 Å². The summed E-state index contributed by atoms with van der Waals surface area (Å²) in [6, 6.07) is 3.82. The third kappa shape index (κ3) is 3.89. The van der Waals surface area contributed by atoms with Crippen LogP contribution in [0.25, 0.3) is 0 Å². The molecule has 0 radical (unpaired) electrons. The fourth-order valence-corrected chi connectivity index (χ4v) is 3.14. The molecule has 4 heteroatoms. The lowest BCUT2D eigenvalue weighted by atomic mass is 10.1. The van der Waals surface area contributed by atoms with Crippen molar-refractivity contribution in [3.63, 3.8) is 0 Å². The summed E-state index contributed by atoms with van der Waals surface area (Å²) in [6.45, 7) is 8.80. The molecule has 0 bridgehead atoms. The van der Waals surface area contributed by atoms with Gasteiger partial charge in [0.1, 0.15) is 5.15 Å². The van der Waals surface area contributed by atoms with Crippen molar-refractivity contribution in [2.75, 3.05) is 6.61 Å². The van der Waals surface area contributed by atoms with E-state index >= 15 is 0 Å².